The Bertz CT molecular complexity index is 549. The third kappa shape index (κ3) is 5.89. The van der Waals surface area contributed by atoms with Crippen LogP contribution in [-0.2, 0) is 13.0 Å². The molecule has 5 nitrogen and oxygen atoms in total. The number of halogens is 1. The second-order valence-electron chi connectivity index (χ2n) is 4.50. The van der Waals surface area contributed by atoms with Gasteiger partial charge in [-0.3, -0.25) is 9.67 Å². The van der Waals surface area contributed by atoms with Crippen molar-refractivity contribution in [3.8, 4) is 0 Å². The monoisotopic (exact) mass is 369 g/mol. The maximum Gasteiger partial charge on any atom is 0.190 e. The van der Waals surface area contributed by atoms with Crippen LogP contribution in [0.25, 0.3) is 0 Å². The van der Waals surface area contributed by atoms with E-state index in [0.717, 1.165) is 38.4 Å². The zero-order valence-corrected chi connectivity index (χ0v) is 14.5. The van der Waals surface area contributed by atoms with Gasteiger partial charge in [0.25, 0.3) is 0 Å². The van der Waals surface area contributed by atoms with Crippen LogP contribution >= 0.6 is 27.3 Å². The van der Waals surface area contributed by atoms with Crippen LogP contribution in [0.5, 0.6) is 0 Å². The zero-order chi connectivity index (χ0) is 14.9. The average molecular weight is 370 g/mol. The summed E-state index contributed by atoms with van der Waals surface area (Å²) in [4.78, 5) is 5.59. The molecule has 7 heteroatoms. The van der Waals surface area contributed by atoms with Crippen molar-refractivity contribution in [3.05, 3.63) is 39.3 Å². The second kappa shape index (κ2) is 8.84. The highest BCUT2D eigenvalue weighted by atomic mass is 79.9. The number of rotatable bonds is 7. The van der Waals surface area contributed by atoms with Crippen LogP contribution in [-0.4, -0.2) is 35.9 Å². The van der Waals surface area contributed by atoms with E-state index >= 15 is 0 Å². The summed E-state index contributed by atoms with van der Waals surface area (Å²) in [5.74, 6) is 0.853. The first-order valence-corrected chi connectivity index (χ1v) is 8.55. The van der Waals surface area contributed by atoms with Gasteiger partial charge in [0, 0.05) is 44.0 Å². The highest BCUT2D eigenvalue weighted by molar-refractivity contribution is 9.11. The van der Waals surface area contributed by atoms with Crippen LogP contribution in [0.2, 0.25) is 0 Å². The number of nitrogens with zero attached hydrogens (tertiary/aromatic N) is 3. The lowest BCUT2D eigenvalue weighted by atomic mass is 10.3. The minimum atomic E-state index is 0.853. The van der Waals surface area contributed by atoms with Gasteiger partial charge < -0.3 is 10.6 Å². The quantitative estimate of drug-likeness (QED) is 0.447. The lowest BCUT2D eigenvalue weighted by molar-refractivity contribution is 0.570. The van der Waals surface area contributed by atoms with Crippen LogP contribution in [0.4, 0.5) is 0 Å². The van der Waals surface area contributed by atoms with Gasteiger partial charge in [-0.2, -0.15) is 5.10 Å². The van der Waals surface area contributed by atoms with E-state index < -0.39 is 0 Å². The zero-order valence-electron chi connectivity index (χ0n) is 12.1. The summed E-state index contributed by atoms with van der Waals surface area (Å²) in [7, 11) is 1.80. The predicted molar refractivity (Wildman–Crippen MR) is 91.9 cm³/mol. The van der Waals surface area contributed by atoms with Crippen molar-refractivity contribution in [2.75, 3.05) is 20.1 Å². The molecule has 0 unspecified atom stereocenters. The summed E-state index contributed by atoms with van der Waals surface area (Å²) in [6.07, 6.45) is 5.80. The molecule has 2 N–H and O–H groups in total. The van der Waals surface area contributed by atoms with Gasteiger partial charge >= 0.3 is 0 Å². The number of hydrogen-bond acceptors (Lipinski definition) is 3. The topological polar surface area (TPSA) is 54.2 Å². The van der Waals surface area contributed by atoms with E-state index in [0.29, 0.717) is 0 Å². The molecule has 0 bridgehead atoms. The first-order valence-electron chi connectivity index (χ1n) is 6.94. The number of hydrogen-bond donors (Lipinski definition) is 2. The molecule has 0 saturated carbocycles. The lowest BCUT2D eigenvalue weighted by Gasteiger charge is -2.11. The summed E-state index contributed by atoms with van der Waals surface area (Å²) in [5, 5.41) is 10.8. The third-order valence-corrected chi connectivity index (χ3v) is 4.62. The van der Waals surface area contributed by atoms with E-state index in [-0.39, 0.29) is 0 Å². The van der Waals surface area contributed by atoms with Crippen LogP contribution in [0.15, 0.2) is 39.4 Å². The maximum atomic E-state index is 4.23. The van der Waals surface area contributed by atoms with Crippen molar-refractivity contribution in [2.24, 2.45) is 4.99 Å². The number of aromatic nitrogens is 2. The van der Waals surface area contributed by atoms with Gasteiger partial charge in [0.15, 0.2) is 5.96 Å². The SMILES string of the molecule is CN=C(NCCCn1cccn1)NCCc1ccc(Br)s1. The van der Waals surface area contributed by atoms with Gasteiger partial charge in [-0.05, 0) is 47.0 Å². The van der Waals surface area contributed by atoms with Crippen LogP contribution in [0.1, 0.15) is 11.3 Å². The first kappa shape index (κ1) is 16.0. The molecule has 2 heterocycles. The highest BCUT2D eigenvalue weighted by Gasteiger charge is 2.00. The second-order valence-corrected chi connectivity index (χ2v) is 7.05. The Kier molecular flexibility index (Phi) is 6.75. The molecule has 0 aliphatic carbocycles. The largest absolute Gasteiger partial charge is 0.356 e. The normalized spacial score (nSPS) is 11.6. The molecule has 0 radical (unpaired) electrons. The molecule has 0 fully saturated rings. The van der Waals surface area contributed by atoms with Crippen molar-refractivity contribution in [1.29, 1.82) is 0 Å². The molecular weight excluding hydrogens is 350 g/mol. The molecule has 114 valence electrons. The van der Waals surface area contributed by atoms with Gasteiger partial charge in [-0.1, -0.05) is 0 Å². The van der Waals surface area contributed by atoms with Gasteiger partial charge in [0.1, 0.15) is 0 Å². The summed E-state index contributed by atoms with van der Waals surface area (Å²) < 4.78 is 3.12. The van der Waals surface area contributed by atoms with Gasteiger partial charge in [-0.15, -0.1) is 11.3 Å². The van der Waals surface area contributed by atoms with Crippen molar-refractivity contribution in [1.82, 2.24) is 20.4 Å². The van der Waals surface area contributed by atoms with Crippen LogP contribution < -0.4 is 10.6 Å². The highest BCUT2D eigenvalue weighted by Crippen LogP contribution is 2.21. The Hall–Kier alpha value is -1.34. The van der Waals surface area contributed by atoms with Crippen LogP contribution in [0, 0.1) is 0 Å². The minimum absolute atomic E-state index is 0.853. The number of thiophene rings is 1. The molecule has 2 aromatic rings. The van der Waals surface area contributed by atoms with E-state index in [1.807, 2.05) is 16.9 Å². The summed E-state index contributed by atoms with van der Waals surface area (Å²) >= 11 is 5.25. The number of aliphatic imine (C=N–C) groups is 1. The molecule has 0 aromatic carbocycles. The first-order chi connectivity index (χ1) is 10.3. The standard InChI is InChI=1S/C14H20BrN5S/c1-16-14(17-7-2-10-20-11-3-8-19-20)18-9-6-12-4-5-13(15)21-12/h3-5,8,11H,2,6-7,9-10H2,1H3,(H2,16,17,18). The average Bonchev–Trinajstić information content (AvgIpc) is 3.13. The fraction of sp³-hybridized carbons (Fsp3) is 0.429. The van der Waals surface area contributed by atoms with Gasteiger partial charge in [-0.25, -0.2) is 0 Å². The molecule has 21 heavy (non-hydrogen) atoms. The molecule has 0 saturated heterocycles. The molecule has 2 aromatic heterocycles. The van der Waals surface area contributed by atoms with Gasteiger partial charge in [0.2, 0.25) is 0 Å². The van der Waals surface area contributed by atoms with Crippen molar-refractivity contribution in [3.63, 3.8) is 0 Å². The minimum Gasteiger partial charge on any atom is -0.356 e. The molecule has 0 aliphatic rings. The molecule has 0 atom stereocenters. The molecule has 0 amide bonds. The Morgan fingerprint density at radius 3 is 2.90 bits per heavy atom. The number of nitrogens with one attached hydrogen (secondary N) is 2. The van der Waals surface area contributed by atoms with Crippen molar-refractivity contribution in [2.45, 2.75) is 19.4 Å². The van der Waals surface area contributed by atoms with Crippen molar-refractivity contribution >= 4 is 33.2 Å². The third-order valence-electron chi connectivity index (χ3n) is 2.93. The van der Waals surface area contributed by atoms with E-state index in [9.17, 15) is 0 Å². The summed E-state index contributed by atoms with van der Waals surface area (Å²) in [6, 6.07) is 6.18. The maximum absolute atomic E-state index is 4.23. The molecular formula is C14H20BrN5S. The van der Waals surface area contributed by atoms with E-state index in [1.165, 1.54) is 8.66 Å². The van der Waals surface area contributed by atoms with Gasteiger partial charge in [0.05, 0.1) is 3.79 Å². The summed E-state index contributed by atoms with van der Waals surface area (Å²) in [6.45, 7) is 2.68. The fourth-order valence-electron chi connectivity index (χ4n) is 1.89. The Balaban J connectivity index is 1.59. The Labute approximate surface area is 137 Å². The van der Waals surface area contributed by atoms with E-state index in [2.05, 4.69) is 48.8 Å². The summed E-state index contributed by atoms with van der Waals surface area (Å²) in [5.41, 5.74) is 0. The molecule has 0 spiro atoms. The van der Waals surface area contributed by atoms with E-state index in [1.54, 1.807) is 24.6 Å². The molecule has 2 rings (SSSR count). The van der Waals surface area contributed by atoms with E-state index in [4.69, 9.17) is 0 Å². The number of guanidine groups is 1. The smallest absolute Gasteiger partial charge is 0.190 e. The number of aryl methyl sites for hydroxylation is 1. The van der Waals surface area contributed by atoms with Crippen molar-refractivity contribution < 1.29 is 0 Å². The Morgan fingerprint density at radius 2 is 2.24 bits per heavy atom. The Morgan fingerprint density at radius 1 is 1.38 bits per heavy atom. The predicted octanol–water partition coefficient (Wildman–Crippen LogP) is 2.50. The molecule has 0 aliphatic heterocycles. The lowest BCUT2D eigenvalue weighted by Crippen LogP contribution is -2.38. The fourth-order valence-corrected chi connectivity index (χ4v) is 3.37. The van der Waals surface area contributed by atoms with Crippen LogP contribution in [0.3, 0.4) is 0 Å².